The number of hydrogen-bond acceptors (Lipinski definition) is 5. The number of benzene rings is 1. The highest BCUT2D eigenvalue weighted by atomic mass is 35.5. The second kappa shape index (κ2) is 6.85. The quantitative estimate of drug-likeness (QED) is 0.859. The topological polar surface area (TPSA) is 72.7 Å². The van der Waals surface area contributed by atoms with Gasteiger partial charge in [-0.3, -0.25) is 4.79 Å². The molecule has 3 rings (SSSR count). The van der Waals surface area contributed by atoms with Gasteiger partial charge in [-0.25, -0.2) is 4.68 Å². The number of carbonyl (C=O) groups excluding carboxylic acids is 1. The SMILES string of the molecule is O=C(CSCc1nnnn1C1CC1)Nc1cccc(Cl)c1Cl. The summed E-state index contributed by atoms with van der Waals surface area (Å²) in [5.41, 5.74) is 0.516. The molecule has 1 saturated carbocycles. The first-order valence-electron chi connectivity index (χ1n) is 6.73. The number of hydrogen-bond donors (Lipinski definition) is 1. The maximum absolute atomic E-state index is 11.9. The predicted octanol–water partition coefficient (Wildman–Crippen LogP) is 3.19. The van der Waals surface area contributed by atoms with Gasteiger partial charge in [0, 0.05) is 0 Å². The molecule has 1 N–H and O–H groups in total. The molecule has 6 nitrogen and oxygen atoms in total. The molecule has 1 aliphatic carbocycles. The van der Waals surface area contributed by atoms with Crippen LogP contribution in [0.4, 0.5) is 5.69 Å². The number of carbonyl (C=O) groups is 1. The second-order valence-electron chi connectivity index (χ2n) is 4.91. The van der Waals surface area contributed by atoms with E-state index < -0.39 is 0 Å². The first kappa shape index (κ1) is 15.6. The smallest absolute Gasteiger partial charge is 0.234 e. The summed E-state index contributed by atoms with van der Waals surface area (Å²) < 4.78 is 1.85. The van der Waals surface area contributed by atoms with Gasteiger partial charge in [0.15, 0.2) is 5.82 Å². The molecular weight excluding hydrogens is 345 g/mol. The van der Waals surface area contributed by atoms with Crippen molar-refractivity contribution in [1.29, 1.82) is 0 Å². The minimum Gasteiger partial charge on any atom is -0.324 e. The summed E-state index contributed by atoms with van der Waals surface area (Å²) in [6.07, 6.45) is 2.24. The molecule has 22 heavy (non-hydrogen) atoms. The Morgan fingerprint density at radius 2 is 2.23 bits per heavy atom. The molecule has 1 aromatic heterocycles. The first-order valence-corrected chi connectivity index (χ1v) is 8.64. The van der Waals surface area contributed by atoms with Crippen LogP contribution >= 0.6 is 35.0 Å². The molecule has 0 unspecified atom stereocenters. The number of nitrogens with one attached hydrogen (secondary N) is 1. The highest BCUT2D eigenvalue weighted by Gasteiger charge is 2.27. The number of rotatable bonds is 6. The summed E-state index contributed by atoms with van der Waals surface area (Å²) in [7, 11) is 0. The molecule has 116 valence electrons. The molecule has 1 heterocycles. The van der Waals surface area contributed by atoms with Gasteiger partial charge in [0.1, 0.15) is 0 Å². The van der Waals surface area contributed by atoms with E-state index in [0.29, 0.717) is 33.3 Å². The maximum Gasteiger partial charge on any atom is 0.234 e. The van der Waals surface area contributed by atoms with Crippen LogP contribution in [-0.4, -0.2) is 31.9 Å². The molecule has 1 fully saturated rings. The van der Waals surface area contributed by atoms with Gasteiger partial charge in [-0.05, 0) is 35.4 Å². The second-order valence-corrected chi connectivity index (χ2v) is 6.68. The van der Waals surface area contributed by atoms with Gasteiger partial charge in [-0.15, -0.1) is 16.9 Å². The summed E-state index contributed by atoms with van der Waals surface area (Å²) in [6.45, 7) is 0. The van der Waals surface area contributed by atoms with Gasteiger partial charge >= 0.3 is 0 Å². The molecule has 9 heteroatoms. The number of thioether (sulfide) groups is 1. The van der Waals surface area contributed by atoms with Crippen molar-refractivity contribution in [2.75, 3.05) is 11.1 Å². The zero-order chi connectivity index (χ0) is 15.5. The van der Waals surface area contributed by atoms with Gasteiger partial charge in [0.25, 0.3) is 0 Å². The van der Waals surface area contributed by atoms with Crippen LogP contribution in [0.15, 0.2) is 18.2 Å². The van der Waals surface area contributed by atoms with E-state index in [4.69, 9.17) is 23.2 Å². The Kier molecular flexibility index (Phi) is 4.85. The Morgan fingerprint density at radius 1 is 1.41 bits per heavy atom. The summed E-state index contributed by atoms with van der Waals surface area (Å²) in [4.78, 5) is 11.9. The highest BCUT2D eigenvalue weighted by Crippen LogP contribution is 2.35. The number of aromatic nitrogens is 4. The van der Waals surface area contributed by atoms with E-state index in [1.54, 1.807) is 18.2 Å². The van der Waals surface area contributed by atoms with E-state index in [2.05, 4.69) is 20.8 Å². The van der Waals surface area contributed by atoms with Crippen molar-refractivity contribution in [3.63, 3.8) is 0 Å². The number of anilines is 1. The lowest BCUT2D eigenvalue weighted by Crippen LogP contribution is -2.15. The molecule has 0 saturated heterocycles. The fraction of sp³-hybridized carbons (Fsp3) is 0.385. The van der Waals surface area contributed by atoms with Crippen molar-refractivity contribution in [1.82, 2.24) is 20.2 Å². The lowest BCUT2D eigenvalue weighted by Gasteiger charge is -2.08. The highest BCUT2D eigenvalue weighted by molar-refractivity contribution is 7.99. The normalized spacial score (nSPS) is 14.1. The first-order chi connectivity index (χ1) is 10.6. The largest absolute Gasteiger partial charge is 0.324 e. The number of nitrogens with zero attached hydrogens (tertiary/aromatic N) is 4. The van der Waals surface area contributed by atoms with Crippen LogP contribution in [0.1, 0.15) is 24.7 Å². The lowest BCUT2D eigenvalue weighted by molar-refractivity contribution is -0.113. The van der Waals surface area contributed by atoms with Gasteiger partial charge in [0.05, 0.1) is 33.3 Å². The van der Waals surface area contributed by atoms with Crippen molar-refractivity contribution < 1.29 is 4.79 Å². The van der Waals surface area contributed by atoms with Crippen LogP contribution in [0.5, 0.6) is 0 Å². The maximum atomic E-state index is 11.9. The fourth-order valence-corrected chi connectivity index (χ4v) is 3.01. The van der Waals surface area contributed by atoms with Crippen molar-refractivity contribution in [2.24, 2.45) is 0 Å². The molecule has 1 aliphatic rings. The predicted molar refractivity (Wildman–Crippen MR) is 87.3 cm³/mol. The van der Waals surface area contributed by atoms with E-state index in [1.165, 1.54) is 11.8 Å². The summed E-state index contributed by atoms with van der Waals surface area (Å²) in [5, 5.41) is 15.2. The van der Waals surface area contributed by atoms with Crippen molar-refractivity contribution in [2.45, 2.75) is 24.6 Å². The van der Waals surface area contributed by atoms with E-state index in [-0.39, 0.29) is 5.91 Å². The van der Waals surface area contributed by atoms with E-state index in [1.807, 2.05) is 4.68 Å². The zero-order valence-electron chi connectivity index (χ0n) is 11.5. The lowest BCUT2D eigenvalue weighted by atomic mass is 10.3. The van der Waals surface area contributed by atoms with Crippen molar-refractivity contribution >= 4 is 46.6 Å². The average molecular weight is 358 g/mol. The molecule has 2 aromatic rings. The monoisotopic (exact) mass is 357 g/mol. The third-order valence-electron chi connectivity index (χ3n) is 3.14. The summed E-state index contributed by atoms with van der Waals surface area (Å²) >= 11 is 13.4. The van der Waals surface area contributed by atoms with Crippen LogP contribution in [0.25, 0.3) is 0 Å². The molecular formula is C13H13Cl2N5OS. The number of tetrazole rings is 1. The van der Waals surface area contributed by atoms with Crippen LogP contribution in [0, 0.1) is 0 Å². The Balaban J connectivity index is 1.50. The number of amides is 1. The Morgan fingerprint density at radius 3 is 3.00 bits per heavy atom. The third-order valence-corrected chi connectivity index (χ3v) is 4.89. The molecule has 1 aromatic carbocycles. The van der Waals surface area contributed by atoms with Gasteiger partial charge in [0.2, 0.25) is 5.91 Å². The molecule has 0 atom stereocenters. The van der Waals surface area contributed by atoms with E-state index in [9.17, 15) is 4.79 Å². The third kappa shape index (κ3) is 3.71. The van der Waals surface area contributed by atoms with E-state index >= 15 is 0 Å². The fourth-order valence-electron chi connectivity index (χ4n) is 1.93. The van der Waals surface area contributed by atoms with Crippen LogP contribution < -0.4 is 5.32 Å². The van der Waals surface area contributed by atoms with Gasteiger partial charge < -0.3 is 5.32 Å². The Bertz CT molecular complexity index is 689. The minimum atomic E-state index is -0.139. The minimum absolute atomic E-state index is 0.139. The Labute approximate surface area is 141 Å². The van der Waals surface area contributed by atoms with Crippen molar-refractivity contribution in [3.8, 4) is 0 Å². The van der Waals surface area contributed by atoms with Gasteiger partial charge in [-0.2, -0.15) is 0 Å². The number of halogens is 2. The van der Waals surface area contributed by atoms with Crippen LogP contribution in [0.2, 0.25) is 10.0 Å². The van der Waals surface area contributed by atoms with Crippen molar-refractivity contribution in [3.05, 3.63) is 34.1 Å². The Hall–Kier alpha value is -1.31. The van der Waals surface area contributed by atoms with Gasteiger partial charge in [-0.1, -0.05) is 29.3 Å². The standard InChI is InChI=1S/C13H13Cl2N5OS/c14-9-2-1-3-10(13(9)15)16-12(21)7-22-6-11-17-18-19-20(11)8-4-5-8/h1-3,8H,4-7H2,(H,16,21). The zero-order valence-corrected chi connectivity index (χ0v) is 13.8. The summed E-state index contributed by atoms with van der Waals surface area (Å²) in [6, 6.07) is 5.56. The van der Waals surface area contributed by atoms with Crippen LogP contribution in [-0.2, 0) is 10.5 Å². The molecule has 0 bridgehead atoms. The average Bonchev–Trinajstić information content (AvgIpc) is 3.23. The summed E-state index contributed by atoms with van der Waals surface area (Å²) in [5.74, 6) is 1.56. The van der Waals surface area contributed by atoms with E-state index in [0.717, 1.165) is 18.7 Å². The van der Waals surface area contributed by atoms with Crippen LogP contribution in [0.3, 0.4) is 0 Å². The molecule has 1 amide bonds. The molecule has 0 spiro atoms. The molecule has 0 aliphatic heterocycles. The molecule has 0 radical (unpaired) electrons.